The van der Waals surface area contributed by atoms with Gasteiger partial charge in [-0.1, -0.05) is 6.07 Å². The number of imidazole rings is 1. The van der Waals surface area contributed by atoms with Crippen LogP contribution in [0.15, 0.2) is 18.2 Å². The maximum absolute atomic E-state index is 4.53. The van der Waals surface area contributed by atoms with E-state index >= 15 is 0 Å². The summed E-state index contributed by atoms with van der Waals surface area (Å²) in [5, 5.41) is 0. The van der Waals surface area contributed by atoms with Crippen molar-refractivity contribution in [2.24, 2.45) is 7.05 Å². The molecule has 1 aromatic heterocycles. The van der Waals surface area contributed by atoms with E-state index in [-0.39, 0.29) is 0 Å². The van der Waals surface area contributed by atoms with Gasteiger partial charge < -0.3 is 4.57 Å². The number of rotatable bonds is 3. The maximum atomic E-state index is 4.53. The summed E-state index contributed by atoms with van der Waals surface area (Å²) in [4.78, 5) is 6.68. The Hall–Kier alpha value is -1.00. The minimum absolute atomic E-state index is 0.763. The molecule has 0 radical (unpaired) electrons. The number of aryl methyl sites for hydroxylation is 2. The van der Waals surface area contributed by atoms with E-state index in [1.54, 1.807) is 0 Å². The van der Waals surface area contributed by atoms with Crippen molar-refractivity contribution in [3.05, 3.63) is 29.6 Å². The number of fused-ring (bicyclic) bond motifs is 1. The van der Waals surface area contributed by atoms with Gasteiger partial charge in [0.2, 0.25) is 0 Å². The second kappa shape index (κ2) is 4.47. The van der Waals surface area contributed by atoms with Crippen LogP contribution in [0.25, 0.3) is 11.0 Å². The van der Waals surface area contributed by atoms with E-state index in [0.29, 0.717) is 0 Å². The molecule has 0 saturated heterocycles. The van der Waals surface area contributed by atoms with Crippen molar-refractivity contribution in [3.8, 4) is 0 Å². The first-order valence-electron chi connectivity index (χ1n) is 5.33. The Bertz CT molecular complexity index is 504. The fraction of sp³-hybridized carbons (Fsp3) is 0.417. The monoisotopic (exact) mass is 235 g/mol. The molecule has 2 aromatic rings. The molecule has 86 valence electrons. The summed E-state index contributed by atoms with van der Waals surface area (Å²) >= 11 is 4.25. The van der Waals surface area contributed by atoms with Gasteiger partial charge in [0.1, 0.15) is 5.82 Å². The Morgan fingerprint density at radius 1 is 1.44 bits per heavy atom. The Kier molecular flexibility index (Phi) is 3.21. The molecule has 0 bridgehead atoms. The van der Waals surface area contributed by atoms with E-state index in [1.807, 2.05) is 14.0 Å². The predicted octanol–water partition coefficient (Wildman–Crippen LogP) is 2.20. The van der Waals surface area contributed by atoms with Gasteiger partial charge in [-0.05, 0) is 31.7 Å². The Morgan fingerprint density at radius 2 is 2.19 bits per heavy atom. The van der Waals surface area contributed by atoms with Crippen LogP contribution < -0.4 is 0 Å². The molecule has 0 N–H and O–H groups in total. The molecule has 16 heavy (non-hydrogen) atoms. The average molecular weight is 235 g/mol. The van der Waals surface area contributed by atoms with Gasteiger partial charge in [0.05, 0.1) is 11.0 Å². The highest BCUT2D eigenvalue weighted by Gasteiger charge is 2.05. The molecule has 1 aromatic carbocycles. The summed E-state index contributed by atoms with van der Waals surface area (Å²) in [6, 6.07) is 6.45. The van der Waals surface area contributed by atoms with Crippen LogP contribution >= 0.6 is 12.6 Å². The summed E-state index contributed by atoms with van der Waals surface area (Å²) in [7, 11) is 4.10. The van der Waals surface area contributed by atoms with Gasteiger partial charge in [-0.3, -0.25) is 4.90 Å². The van der Waals surface area contributed by atoms with Crippen LogP contribution in [0, 0.1) is 6.92 Å². The Balaban J connectivity index is 2.37. The smallest absolute Gasteiger partial charge is 0.106 e. The highest BCUT2D eigenvalue weighted by atomic mass is 32.1. The predicted molar refractivity (Wildman–Crippen MR) is 70.8 cm³/mol. The van der Waals surface area contributed by atoms with E-state index in [2.05, 4.69) is 52.3 Å². The van der Waals surface area contributed by atoms with Gasteiger partial charge in [-0.2, -0.15) is 12.6 Å². The Morgan fingerprint density at radius 3 is 2.88 bits per heavy atom. The fourth-order valence-electron chi connectivity index (χ4n) is 1.83. The summed E-state index contributed by atoms with van der Waals surface area (Å²) in [5.74, 6) is 1.81. The van der Waals surface area contributed by atoms with Gasteiger partial charge in [-0.25, -0.2) is 4.98 Å². The van der Waals surface area contributed by atoms with Crippen molar-refractivity contribution in [3.63, 3.8) is 0 Å². The van der Waals surface area contributed by atoms with Crippen LogP contribution in [0.1, 0.15) is 11.4 Å². The standard InChI is InChI=1S/C12H17N3S/c1-9-13-11-6-10(7-14(2)8-16)4-5-12(11)15(9)3/h4-6,16H,7-8H2,1-3H3. The van der Waals surface area contributed by atoms with E-state index in [0.717, 1.165) is 23.8 Å². The first-order valence-corrected chi connectivity index (χ1v) is 5.96. The number of aromatic nitrogens is 2. The topological polar surface area (TPSA) is 21.1 Å². The van der Waals surface area contributed by atoms with E-state index in [9.17, 15) is 0 Å². The molecule has 0 aliphatic heterocycles. The summed E-state index contributed by atoms with van der Waals surface area (Å²) < 4.78 is 2.11. The summed E-state index contributed by atoms with van der Waals surface area (Å²) in [6.45, 7) is 2.94. The largest absolute Gasteiger partial charge is 0.331 e. The first-order chi connectivity index (χ1) is 7.61. The zero-order chi connectivity index (χ0) is 11.7. The fourth-order valence-corrected chi connectivity index (χ4v) is 1.93. The lowest BCUT2D eigenvalue weighted by atomic mass is 10.2. The molecule has 0 aliphatic rings. The third kappa shape index (κ3) is 2.08. The van der Waals surface area contributed by atoms with Crippen molar-refractivity contribution in [2.75, 3.05) is 12.9 Å². The molecule has 2 rings (SSSR count). The van der Waals surface area contributed by atoms with Crippen molar-refractivity contribution in [1.29, 1.82) is 0 Å². The Labute approximate surface area is 101 Å². The lowest BCUT2D eigenvalue weighted by Crippen LogP contribution is -2.15. The highest BCUT2D eigenvalue weighted by molar-refractivity contribution is 7.80. The molecule has 3 nitrogen and oxygen atoms in total. The molecule has 0 spiro atoms. The zero-order valence-electron chi connectivity index (χ0n) is 9.94. The third-order valence-electron chi connectivity index (χ3n) is 2.86. The quantitative estimate of drug-likeness (QED) is 0.650. The second-order valence-corrected chi connectivity index (χ2v) is 4.48. The summed E-state index contributed by atoms with van der Waals surface area (Å²) in [5.41, 5.74) is 3.54. The minimum atomic E-state index is 0.763. The molecule has 0 amide bonds. The van der Waals surface area contributed by atoms with E-state index in [1.165, 1.54) is 11.1 Å². The van der Waals surface area contributed by atoms with Gasteiger partial charge in [0.25, 0.3) is 0 Å². The van der Waals surface area contributed by atoms with Crippen LogP contribution in [-0.2, 0) is 13.6 Å². The SMILES string of the molecule is Cc1nc2cc(CN(C)CS)ccc2n1C. The molecular formula is C12H17N3S. The number of nitrogens with zero attached hydrogens (tertiary/aromatic N) is 3. The normalized spacial score (nSPS) is 11.6. The van der Waals surface area contributed by atoms with Gasteiger partial charge in [-0.15, -0.1) is 0 Å². The maximum Gasteiger partial charge on any atom is 0.106 e. The van der Waals surface area contributed by atoms with Gasteiger partial charge in [0.15, 0.2) is 0 Å². The number of benzene rings is 1. The lowest BCUT2D eigenvalue weighted by molar-refractivity contribution is 0.388. The van der Waals surface area contributed by atoms with Crippen LogP contribution in [0.5, 0.6) is 0 Å². The first kappa shape index (κ1) is 11.5. The van der Waals surface area contributed by atoms with Gasteiger partial charge >= 0.3 is 0 Å². The molecule has 4 heteroatoms. The van der Waals surface area contributed by atoms with Crippen LogP contribution in [-0.4, -0.2) is 27.4 Å². The molecule has 0 aliphatic carbocycles. The van der Waals surface area contributed by atoms with Crippen molar-refractivity contribution in [2.45, 2.75) is 13.5 Å². The van der Waals surface area contributed by atoms with Crippen LogP contribution in [0.3, 0.4) is 0 Å². The van der Waals surface area contributed by atoms with Crippen molar-refractivity contribution < 1.29 is 0 Å². The molecule has 0 saturated carbocycles. The van der Waals surface area contributed by atoms with Crippen molar-refractivity contribution >= 4 is 23.7 Å². The molecule has 0 atom stereocenters. The lowest BCUT2D eigenvalue weighted by Gasteiger charge is -2.12. The molecule has 1 heterocycles. The number of thiol groups is 1. The zero-order valence-corrected chi connectivity index (χ0v) is 10.8. The molecule has 0 unspecified atom stereocenters. The number of hydrogen-bond acceptors (Lipinski definition) is 3. The molecule has 0 fully saturated rings. The van der Waals surface area contributed by atoms with Crippen LogP contribution in [0.4, 0.5) is 0 Å². The highest BCUT2D eigenvalue weighted by Crippen LogP contribution is 2.17. The number of hydrogen-bond donors (Lipinski definition) is 1. The van der Waals surface area contributed by atoms with Gasteiger partial charge in [0, 0.05) is 19.5 Å². The van der Waals surface area contributed by atoms with E-state index in [4.69, 9.17) is 0 Å². The molecular weight excluding hydrogens is 218 g/mol. The third-order valence-corrected chi connectivity index (χ3v) is 3.35. The second-order valence-electron chi connectivity index (χ2n) is 4.20. The minimum Gasteiger partial charge on any atom is -0.331 e. The summed E-state index contributed by atoms with van der Waals surface area (Å²) in [6.07, 6.45) is 0. The van der Waals surface area contributed by atoms with Crippen LogP contribution in [0.2, 0.25) is 0 Å². The average Bonchev–Trinajstić information content (AvgIpc) is 2.54. The van der Waals surface area contributed by atoms with E-state index < -0.39 is 0 Å². The van der Waals surface area contributed by atoms with Crippen molar-refractivity contribution in [1.82, 2.24) is 14.5 Å².